The number of hydrogen-bond acceptors (Lipinski definition) is 15. The number of carbonyl (C=O) groups excluding carboxylic acids is 3. The van der Waals surface area contributed by atoms with Crippen molar-refractivity contribution >= 4 is 70.2 Å². The first-order chi connectivity index (χ1) is 46.7. The second-order valence-electron chi connectivity index (χ2n) is 22.7. The number of fused-ring (bicyclic) bond motifs is 2. The Morgan fingerprint density at radius 3 is 1.33 bits per heavy atom. The van der Waals surface area contributed by atoms with Gasteiger partial charge in [0, 0.05) is 65.4 Å². The van der Waals surface area contributed by atoms with Crippen LogP contribution in [0.5, 0.6) is 23.0 Å². The van der Waals surface area contributed by atoms with Crippen LogP contribution in [0.3, 0.4) is 0 Å². The number of urea groups is 2. The number of amides is 5. The molecule has 8 aromatic carbocycles. The molecule has 0 radical (unpaired) electrons. The number of anilines is 8. The first-order valence-corrected chi connectivity index (χ1v) is 30.5. The van der Waals surface area contributed by atoms with Crippen LogP contribution < -0.4 is 51.6 Å². The van der Waals surface area contributed by atoms with Crippen molar-refractivity contribution in [1.29, 1.82) is 0 Å². The largest absolute Gasteiger partial charge is 0.478 e. The van der Waals surface area contributed by atoms with Crippen LogP contribution in [0.4, 0.5) is 73.4 Å². The molecule has 12 rings (SSSR count). The molecule has 0 spiro atoms. The number of nitrogens with one attached hydrogen (secondary N) is 5. The highest BCUT2D eigenvalue weighted by atomic mass is 19.1. The van der Waals surface area contributed by atoms with Crippen molar-refractivity contribution in [3.63, 3.8) is 0 Å². The molecular weight excluding hydrogens is 1250 g/mol. The summed E-state index contributed by atoms with van der Waals surface area (Å²) in [7, 11) is 7.63. The van der Waals surface area contributed by atoms with Crippen LogP contribution in [0.25, 0.3) is 22.5 Å². The molecule has 10 aromatic rings. The number of nitrogen functional groups attached to an aromatic ring is 1. The Kier molecular flexibility index (Phi) is 21.6. The van der Waals surface area contributed by atoms with Crippen molar-refractivity contribution in [2.24, 2.45) is 0 Å². The Morgan fingerprint density at radius 1 is 0.526 bits per heavy atom. The lowest BCUT2D eigenvalue weighted by Crippen LogP contribution is -2.43. The van der Waals surface area contributed by atoms with Crippen molar-refractivity contribution in [3.05, 3.63) is 239 Å². The quantitative estimate of drug-likeness (QED) is 0.0293. The number of ether oxygens (including phenoxy) is 2. The number of rotatable bonds is 19. The third-order valence-corrected chi connectivity index (χ3v) is 15.1. The second kappa shape index (κ2) is 30.9. The summed E-state index contributed by atoms with van der Waals surface area (Å²) in [5.41, 5.74) is 10.4. The zero-order chi connectivity index (χ0) is 68.9. The van der Waals surface area contributed by atoms with Crippen LogP contribution in [0.1, 0.15) is 43.0 Å². The number of nitrogens with two attached hydrogens (primary N) is 1. The molecule has 0 bridgehead atoms. The third kappa shape index (κ3) is 16.7. The fraction of sp³-hybridized carbons (Fsp3) is 0.167. The summed E-state index contributed by atoms with van der Waals surface area (Å²) in [5.74, 6) is -1.88. The predicted molar refractivity (Wildman–Crippen MR) is 365 cm³/mol. The number of carboxylic acid groups (broad SMARTS) is 1. The van der Waals surface area contributed by atoms with Crippen LogP contribution in [-0.2, 0) is 13.1 Å². The van der Waals surface area contributed by atoms with E-state index in [-0.39, 0.29) is 48.1 Å². The fourth-order valence-electron chi connectivity index (χ4n) is 10.1. The van der Waals surface area contributed by atoms with Gasteiger partial charge in [0.05, 0.1) is 30.0 Å². The zero-order valence-corrected chi connectivity index (χ0v) is 53.6. The molecule has 0 fully saturated rings. The summed E-state index contributed by atoms with van der Waals surface area (Å²) in [5, 5.41) is 24.0. The van der Waals surface area contributed by atoms with Gasteiger partial charge in [0.1, 0.15) is 57.6 Å². The van der Waals surface area contributed by atoms with E-state index in [1.807, 2.05) is 130 Å². The van der Waals surface area contributed by atoms with Crippen molar-refractivity contribution in [1.82, 2.24) is 40.4 Å². The Bertz CT molecular complexity index is 4460. The highest BCUT2D eigenvalue weighted by Gasteiger charge is 2.36. The molecule has 0 saturated heterocycles. The summed E-state index contributed by atoms with van der Waals surface area (Å²) in [6.07, 6.45) is 0. The summed E-state index contributed by atoms with van der Waals surface area (Å²) < 4.78 is 71.0. The Balaban J connectivity index is 0.000000181. The van der Waals surface area contributed by atoms with Crippen LogP contribution in [0.15, 0.2) is 182 Å². The summed E-state index contributed by atoms with van der Waals surface area (Å²) in [6, 6.07) is 48.4. The summed E-state index contributed by atoms with van der Waals surface area (Å²) >= 11 is 0. The smallest absolute Gasteiger partial charge is 0.335 e. The standard InChI is InChI=1S/C36H33F2N7O3.C24H24F2N6O3.C12H11NO/c1-22-12-13-23(34(46)41-24-14-16-26(17-15-24)48-25-8-5-4-6-9-25)20-27(22)31-28-21-40-36(47)45(32-29(37)10-7-11-30(32)38)33(28)43-35(42-31)39-18-19-44(2)3;1-13-7-8-14(22(33)34)11-15(13)19-16-12-28-24(35)32(20-17(25)5-4-6-18(20)26)21(16)30-23(29-19)27-9-10-31(2)3;13-10-6-8-12(9-7-10)14-11-4-2-1-3-5-11/h4-17,20H,18-19,21H2,1-3H3,(H,40,47)(H,41,46)(H,39,42,43);4-8,11H,9-10,12H2,1-3H3,(H,28,35)(H,33,34)(H,27,29,30);1-9H,13H2. The molecule has 97 heavy (non-hydrogen) atoms. The van der Waals surface area contributed by atoms with E-state index in [0.29, 0.717) is 82.6 Å². The van der Waals surface area contributed by atoms with E-state index in [1.54, 1.807) is 55.5 Å². The molecule has 2 aliphatic heterocycles. The molecular formula is C72H68F4N14O7. The van der Waals surface area contributed by atoms with Gasteiger partial charge in [-0.3, -0.25) is 4.79 Å². The zero-order valence-electron chi connectivity index (χ0n) is 53.6. The lowest BCUT2D eigenvalue weighted by atomic mass is 9.97. The number of carboxylic acids is 1. The number of hydrogen-bond donors (Lipinski definition) is 7. The third-order valence-electron chi connectivity index (χ3n) is 15.1. The number of carbonyl (C=O) groups is 4. The van der Waals surface area contributed by atoms with Gasteiger partial charge in [-0.2, -0.15) is 9.97 Å². The number of halogens is 4. The highest BCUT2D eigenvalue weighted by Crippen LogP contribution is 2.42. The Labute approximate surface area is 556 Å². The highest BCUT2D eigenvalue weighted by molar-refractivity contribution is 6.06. The van der Waals surface area contributed by atoms with E-state index in [1.165, 1.54) is 24.3 Å². The molecule has 0 saturated carbocycles. The maximum Gasteiger partial charge on any atom is 0.335 e. The number of benzene rings is 8. The number of aromatic nitrogens is 4. The first kappa shape index (κ1) is 67.9. The van der Waals surface area contributed by atoms with Crippen molar-refractivity contribution < 1.29 is 51.3 Å². The SMILES string of the molecule is Cc1ccc(C(=O)Nc2ccc(Oc3ccccc3)cc2)cc1-c1nc(NCCN(C)C)nc2c1CNC(=O)N2c1c(F)cccc1F.Cc1ccc(C(=O)O)cc1-c1nc(NCCN(C)C)nc2c1CNC(=O)N2c1c(F)cccc1F.Nc1ccc(Oc2ccccc2)cc1. The number of likely N-dealkylation sites (N-methyl/N-ethyl adjacent to an activating group) is 2. The van der Waals surface area contributed by atoms with Gasteiger partial charge in [0.2, 0.25) is 11.9 Å². The van der Waals surface area contributed by atoms with Gasteiger partial charge in [-0.25, -0.2) is 51.7 Å². The maximum atomic E-state index is 15.0. The monoisotopic (exact) mass is 1320 g/mol. The van der Waals surface area contributed by atoms with Crippen LogP contribution in [0, 0.1) is 37.1 Å². The molecule has 21 nitrogen and oxygen atoms in total. The minimum atomic E-state index is -1.11. The van der Waals surface area contributed by atoms with Gasteiger partial charge < -0.3 is 56.7 Å². The van der Waals surface area contributed by atoms with E-state index >= 15 is 8.78 Å². The van der Waals surface area contributed by atoms with E-state index in [9.17, 15) is 33.1 Å². The van der Waals surface area contributed by atoms with Crippen LogP contribution in [0.2, 0.25) is 0 Å². The molecule has 8 N–H and O–H groups in total. The normalized spacial score (nSPS) is 12.2. The molecule has 4 heterocycles. The van der Waals surface area contributed by atoms with Gasteiger partial charge in [-0.05, 0) is 174 Å². The van der Waals surface area contributed by atoms with Crippen LogP contribution in [-0.4, -0.2) is 113 Å². The minimum absolute atomic E-state index is 0.00130. The average Bonchev–Trinajstić information content (AvgIpc) is 0.761. The number of aromatic carboxylic acids is 1. The van der Waals surface area contributed by atoms with Gasteiger partial charge in [0.25, 0.3) is 5.91 Å². The first-order valence-electron chi connectivity index (χ1n) is 30.5. The van der Waals surface area contributed by atoms with Gasteiger partial charge in [-0.15, -0.1) is 0 Å². The molecule has 0 atom stereocenters. The number of para-hydroxylation sites is 4. The van der Waals surface area contributed by atoms with Gasteiger partial charge in [-0.1, -0.05) is 60.7 Å². The topological polar surface area (TPSA) is 258 Å². The van der Waals surface area contributed by atoms with Gasteiger partial charge in [0.15, 0.2) is 11.6 Å². The summed E-state index contributed by atoms with van der Waals surface area (Å²) in [6.45, 7) is 5.87. The second-order valence-corrected chi connectivity index (χ2v) is 22.7. The number of aryl methyl sites for hydroxylation is 2. The molecule has 25 heteroatoms. The molecule has 0 aliphatic carbocycles. The van der Waals surface area contributed by atoms with E-state index in [4.69, 9.17) is 20.2 Å². The van der Waals surface area contributed by atoms with Crippen molar-refractivity contribution in [3.8, 4) is 45.5 Å². The van der Waals surface area contributed by atoms with Crippen molar-refractivity contribution in [2.45, 2.75) is 26.9 Å². The van der Waals surface area contributed by atoms with E-state index in [0.717, 1.165) is 62.4 Å². The van der Waals surface area contributed by atoms with E-state index < -0.39 is 52.7 Å². The maximum absolute atomic E-state index is 15.0. The Morgan fingerprint density at radius 2 is 0.918 bits per heavy atom. The average molecular weight is 1320 g/mol. The minimum Gasteiger partial charge on any atom is -0.478 e. The summed E-state index contributed by atoms with van der Waals surface area (Å²) in [4.78, 5) is 75.1. The van der Waals surface area contributed by atoms with Crippen LogP contribution >= 0.6 is 0 Å². The molecule has 5 amide bonds. The van der Waals surface area contributed by atoms with Crippen molar-refractivity contribution in [2.75, 3.05) is 85.9 Å². The molecule has 2 aromatic heterocycles. The molecule has 0 unspecified atom stereocenters. The Hall–Kier alpha value is -12.0. The van der Waals surface area contributed by atoms with Gasteiger partial charge >= 0.3 is 18.0 Å². The lowest BCUT2D eigenvalue weighted by molar-refractivity contribution is 0.0696. The van der Waals surface area contributed by atoms with E-state index in [2.05, 4.69) is 41.5 Å². The predicted octanol–water partition coefficient (Wildman–Crippen LogP) is 13.9. The lowest BCUT2D eigenvalue weighted by Gasteiger charge is -2.31. The fourth-order valence-corrected chi connectivity index (χ4v) is 10.1. The molecule has 496 valence electrons. The number of nitrogens with zero attached hydrogens (tertiary/aromatic N) is 8. The molecule has 2 aliphatic rings.